The molecule has 0 heterocycles. The van der Waals surface area contributed by atoms with Crippen molar-refractivity contribution in [3.8, 4) is 0 Å². The Labute approximate surface area is 180 Å². The molecule has 7 heteroatoms. The second-order valence-electron chi connectivity index (χ2n) is 8.51. The zero-order chi connectivity index (χ0) is 22.5. The Hall–Kier alpha value is -2.22. The predicted octanol–water partition coefficient (Wildman–Crippen LogP) is 3.85. The van der Waals surface area contributed by atoms with Crippen LogP contribution < -0.4 is 15.8 Å². The zero-order valence-electron chi connectivity index (χ0n) is 18.3. The first kappa shape index (κ1) is 24.1. The summed E-state index contributed by atoms with van der Waals surface area (Å²) in [7, 11) is -3.76. The van der Waals surface area contributed by atoms with Crippen LogP contribution in [0.15, 0.2) is 53.4 Å². The number of sulfonamides is 1. The monoisotopic (exact) mass is 431 g/mol. The standard InChI is InChI=1S/C23H33N3O3S/c1-15(2)14-18-6-8-19(9-7-18)22(16(3)4)25-17(5)23(27)26-20-10-12-21(13-11-20)30(24,28)29/h6-13,15-17,22,25H,14H2,1-5H3,(H,26,27)(H2,24,28,29)/t17-,22+/m0/s1. The second kappa shape index (κ2) is 10.2. The van der Waals surface area contributed by atoms with E-state index in [9.17, 15) is 13.2 Å². The van der Waals surface area contributed by atoms with Crippen LogP contribution >= 0.6 is 0 Å². The van der Waals surface area contributed by atoms with Crippen molar-refractivity contribution in [2.75, 3.05) is 5.32 Å². The number of nitrogens with two attached hydrogens (primary N) is 1. The van der Waals surface area contributed by atoms with Gasteiger partial charge in [0.05, 0.1) is 10.9 Å². The SMILES string of the molecule is CC(C)Cc1ccc([C@H](N[C@@H](C)C(=O)Nc2ccc(S(N)(=O)=O)cc2)C(C)C)cc1. The van der Waals surface area contributed by atoms with Gasteiger partial charge < -0.3 is 5.32 Å². The number of nitrogens with one attached hydrogen (secondary N) is 2. The van der Waals surface area contributed by atoms with E-state index in [0.29, 0.717) is 17.5 Å². The summed E-state index contributed by atoms with van der Waals surface area (Å²) in [6.45, 7) is 10.5. The largest absolute Gasteiger partial charge is 0.325 e. The summed E-state index contributed by atoms with van der Waals surface area (Å²) in [6, 6.07) is 14.0. The molecule has 0 aromatic heterocycles. The summed E-state index contributed by atoms with van der Waals surface area (Å²) in [5.41, 5.74) is 2.97. The second-order valence-corrected chi connectivity index (χ2v) is 10.1. The third kappa shape index (κ3) is 6.93. The van der Waals surface area contributed by atoms with Gasteiger partial charge in [0.25, 0.3) is 0 Å². The molecule has 2 rings (SSSR count). The van der Waals surface area contributed by atoms with Crippen molar-refractivity contribution < 1.29 is 13.2 Å². The molecule has 0 unspecified atom stereocenters. The third-order valence-corrected chi connectivity index (χ3v) is 5.85. The molecule has 164 valence electrons. The fraction of sp³-hybridized carbons (Fsp3) is 0.435. The van der Waals surface area contributed by atoms with Gasteiger partial charge in [0.2, 0.25) is 15.9 Å². The number of hydrogen-bond acceptors (Lipinski definition) is 4. The smallest absolute Gasteiger partial charge is 0.241 e. The summed E-state index contributed by atoms with van der Waals surface area (Å²) in [5.74, 6) is 0.711. The Kier molecular flexibility index (Phi) is 8.18. The van der Waals surface area contributed by atoms with Crippen LogP contribution in [0.2, 0.25) is 0 Å². The maximum atomic E-state index is 12.6. The maximum Gasteiger partial charge on any atom is 0.241 e. The van der Waals surface area contributed by atoms with Crippen LogP contribution in [0.3, 0.4) is 0 Å². The molecule has 2 atom stereocenters. The highest BCUT2D eigenvalue weighted by atomic mass is 32.2. The van der Waals surface area contributed by atoms with Crippen molar-refractivity contribution in [2.24, 2.45) is 17.0 Å². The number of amides is 1. The molecule has 0 saturated carbocycles. The molecule has 0 saturated heterocycles. The lowest BCUT2D eigenvalue weighted by molar-refractivity contribution is -0.118. The predicted molar refractivity (Wildman–Crippen MR) is 122 cm³/mol. The van der Waals surface area contributed by atoms with Crippen LogP contribution in [-0.2, 0) is 21.2 Å². The lowest BCUT2D eigenvalue weighted by Gasteiger charge is -2.27. The van der Waals surface area contributed by atoms with Gasteiger partial charge in [-0.3, -0.25) is 10.1 Å². The van der Waals surface area contributed by atoms with E-state index in [0.717, 1.165) is 12.0 Å². The fourth-order valence-electron chi connectivity index (χ4n) is 3.33. The summed E-state index contributed by atoms with van der Waals surface area (Å²) < 4.78 is 22.7. The van der Waals surface area contributed by atoms with E-state index >= 15 is 0 Å². The highest BCUT2D eigenvalue weighted by Crippen LogP contribution is 2.24. The highest BCUT2D eigenvalue weighted by Gasteiger charge is 2.22. The maximum absolute atomic E-state index is 12.6. The third-order valence-electron chi connectivity index (χ3n) is 4.92. The van der Waals surface area contributed by atoms with Crippen LogP contribution in [0.1, 0.15) is 51.8 Å². The number of benzene rings is 2. The number of hydrogen-bond donors (Lipinski definition) is 3. The number of rotatable bonds is 9. The van der Waals surface area contributed by atoms with E-state index in [1.807, 2.05) is 6.92 Å². The quantitative estimate of drug-likeness (QED) is 0.561. The zero-order valence-corrected chi connectivity index (χ0v) is 19.2. The summed E-state index contributed by atoms with van der Waals surface area (Å²) in [6.07, 6.45) is 1.04. The topological polar surface area (TPSA) is 101 Å². The minimum Gasteiger partial charge on any atom is -0.325 e. The highest BCUT2D eigenvalue weighted by molar-refractivity contribution is 7.89. The average molecular weight is 432 g/mol. The minimum atomic E-state index is -3.76. The molecular weight excluding hydrogens is 398 g/mol. The van der Waals surface area contributed by atoms with Crippen LogP contribution in [0.5, 0.6) is 0 Å². The molecule has 0 spiro atoms. The van der Waals surface area contributed by atoms with Gasteiger partial charge in [0, 0.05) is 11.7 Å². The summed E-state index contributed by atoms with van der Waals surface area (Å²) in [5, 5.41) is 11.3. The van der Waals surface area contributed by atoms with Gasteiger partial charge in [-0.25, -0.2) is 13.6 Å². The number of primary sulfonamides is 1. The van der Waals surface area contributed by atoms with Crippen LogP contribution in [0.4, 0.5) is 5.69 Å². The Balaban J connectivity index is 2.05. The van der Waals surface area contributed by atoms with Crippen LogP contribution in [0, 0.1) is 11.8 Å². The van der Waals surface area contributed by atoms with Crippen molar-refractivity contribution in [2.45, 2.75) is 58.0 Å². The van der Waals surface area contributed by atoms with E-state index in [1.165, 1.54) is 29.8 Å². The first-order valence-electron chi connectivity index (χ1n) is 10.3. The van der Waals surface area contributed by atoms with Gasteiger partial charge in [-0.15, -0.1) is 0 Å². The van der Waals surface area contributed by atoms with Gasteiger partial charge in [-0.05, 0) is 60.6 Å². The fourth-order valence-corrected chi connectivity index (χ4v) is 3.84. The molecule has 6 nitrogen and oxygen atoms in total. The van der Waals surface area contributed by atoms with Gasteiger partial charge in [0.1, 0.15) is 0 Å². The van der Waals surface area contributed by atoms with Gasteiger partial charge in [-0.1, -0.05) is 52.0 Å². The van der Waals surface area contributed by atoms with Gasteiger partial charge >= 0.3 is 0 Å². The number of carbonyl (C=O) groups is 1. The molecule has 0 bridgehead atoms. The van der Waals surface area contributed by atoms with Crippen LogP contribution in [-0.4, -0.2) is 20.4 Å². The molecular formula is C23H33N3O3S. The Morgan fingerprint density at radius 2 is 1.50 bits per heavy atom. The van der Waals surface area contributed by atoms with Crippen molar-refractivity contribution in [3.63, 3.8) is 0 Å². The first-order chi connectivity index (χ1) is 14.0. The Morgan fingerprint density at radius 3 is 1.97 bits per heavy atom. The lowest BCUT2D eigenvalue weighted by atomic mass is 9.93. The van der Waals surface area contributed by atoms with Crippen molar-refractivity contribution in [1.29, 1.82) is 0 Å². The van der Waals surface area contributed by atoms with Gasteiger partial charge in [0.15, 0.2) is 0 Å². The first-order valence-corrected chi connectivity index (χ1v) is 11.8. The lowest BCUT2D eigenvalue weighted by Crippen LogP contribution is -2.41. The van der Waals surface area contributed by atoms with Gasteiger partial charge in [-0.2, -0.15) is 0 Å². The van der Waals surface area contributed by atoms with E-state index in [4.69, 9.17) is 5.14 Å². The van der Waals surface area contributed by atoms with E-state index in [2.05, 4.69) is 62.6 Å². The molecule has 0 aliphatic rings. The van der Waals surface area contributed by atoms with Crippen LogP contribution in [0.25, 0.3) is 0 Å². The summed E-state index contributed by atoms with van der Waals surface area (Å²) in [4.78, 5) is 12.6. The minimum absolute atomic E-state index is 0.00691. The summed E-state index contributed by atoms with van der Waals surface area (Å²) >= 11 is 0. The Bertz CT molecular complexity index is 937. The molecule has 1 amide bonds. The molecule has 2 aromatic rings. The van der Waals surface area contributed by atoms with E-state index < -0.39 is 16.1 Å². The molecule has 30 heavy (non-hydrogen) atoms. The molecule has 0 aliphatic carbocycles. The van der Waals surface area contributed by atoms with Crippen molar-refractivity contribution in [1.82, 2.24) is 5.32 Å². The van der Waals surface area contributed by atoms with Crippen molar-refractivity contribution >= 4 is 21.6 Å². The van der Waals surface area contributed by atoms with E-state index in [-0.39, 0.29) is 16.8 Å². The normalized spacial score (nSPS) is 14.0. The molecule has 0 aliphatic heterocycles. The number of carbonyl (C=O) groups excluding carboxylic acids is 1. The average Bonchev–Trinajstić information content (AvgIpc) is 2.65. The molecule has 2 aromatic carbocycles. The van der Waals surface area contributed by atoms with E-state index in [1.54, 1.807) is 0 Å². The molecule has 4 N–H and O–H groups in total. The number of anilines is 1. The molecule has 0 radical (unpaired) electrons. The Morgan fingerprint density at radius 1 is 0.933 bits per heavy atom. The van der Waals surface area contributed by atoms with Crippen molar-refractivity contribution in [3.05, 3.63) is 59.7 Å². The molecule has 0 fully saturated rings.